The highest BCUT2D eigenvalue weighted by Crippen LogP contribution is 2.25. The van der Waals surface area contributed by atoms with Crippen LogP contribution in [0.4, 0.5) is 11.4 Å². The normalized spacial score (nSPS) is 10.6. The summed E-state index contributed by atoms with van der Waals surface area (Å²) in [6.07, 6.45) is 0. The fourth-order valence-corrected chi connectivity index (χ4v) is 3.25. The largest absolute Gasteiger partial charge is 0.325 e. The Kier molecular flexibility index (Phi) is 5.72. The molecule has 1 heterocycles. The Morgan fingerprint density at radius 2 is 2.04 bits per heavy atom. The van der Waals surface area contributed by atoms with Crippen LogP contribution in [-0.4, -0.2) is 31.3 Å². The van der Waals surface area contributed by atoms with Crippen molar-refractivity contribution in [1.82, 2.24) is 14.8 Å². The second kappa shape index (κ2) is 8.19. The second-order valence-corrected chi connectivity index (χ2v) is 6.90. The highest BCUT2D eigenvalue weighted by atomic mass is 35.5. The standard InChI is InChI=1S/C17H14ClN5O3S/c1-22-16(11-4-2-5-12(18)8-11)20-21-17(22)27-10-15(24)19-13-6-3-7-14(9-13)23(25)26/h2-9H,10H2,1H3,(H,19,24). The van der Waals surface area contributed by atoms with Crippen molar-refractivity contribution in [3.63, 3.8) is 0 Å². The minimum absolute atomic E-state index is 0.0834. The second-order valence-electron chi connectivity index (χ2n) is 5.52. The van der Waals surface area contributed by atoms with E-state index >= 15 is 0 Å². The highest BCUT2D eigenvalue weighted by molar-refractivity contribution is 7.99. The molecule has 8 nitrogen and oxygen atoms in total. The number of non-ortho nitro benzene ring substituents is 1. The molecule has 0 radical (unpaired) electrons. The third-order valence-corrected chi connectivity index (χ3v) is 4.85. The summed E-state index contributed by atoms with van der Waals surface area (Å²) in [6, 6.07) is 13.0. The molecular weight excluding hydrogens is 390 g/mol. The van der Waals surface area contributed by atoms with Crippen molar-refractivity contribution in [2.75, 3.05) is 11.1 Å². The number of thioether (sulfide) groups is 1. The van der Waals surface area contributed by atoms with E-state index in [1.54, 1.807) is 29.8 Å². The van der Waals surface area contributed by atoms with Crippen LogP contribution < -0.4 is 5.32 Å². The first-order chi connectivity index (χ1) is 12.9. The van der Waals surface area contributed by atoms with Gasteiger partial charge in [0.15, 0.2) is 11.0 Å². The zero-order chi connectivity index (χ0) is 19.4. The maximum atomic E-state index is 12.1. The summed E-state index contributed by atoms with van der Waals surface area (Å²) in [7, 11) is 1.80. The molecule has 0 bridgehead atoms. The van der Waals surface area contributed by atoms with E-state index < -0.39 is 4.92 Å². The summed E-state index contributed by atoms with van der Waals surface area (Å²) in [5, 5.41) is 22.8. The number of aromatic nitrogens is 3. The summed E-state index contributed by atoms with van der Waals surface area (Å²) in [6.45, 7) is 0. The molecule has 3 aromatic rings. The van der Waals surface area contributed by atoms with Gasteiger partial charge in [-0.05, 0) is 18.2 Å². The van der Waals surface area contributed by atoms with Crippen molar-refractivity contribution in [3.05, 3.63) is 63.7 Å². The molecule has 138 valence electrons. The van der Waals surface area contributed by atoms with Crippen molar-refractivity contribution in [3.8, 4) is 11.4 Å². The van der Waals surface area contributed by atoms with Crippen LogP contribution in [-0.2, 0) is 11.8 Å². The average molecular weight is 404 g/mol. The number of nitrogens with one attached hydrogen (secondary N) is 1. The Morgan fingerprint density at radius 3 is 2.78 bits per heavy atom. The Balaban J connectivity index is 1.64. The van der Waals surface area contributed by atoms with Gasteiger partial charge < -0.3 is 9.88 Å². The number of anilines is 1. The fraction of sp³-hybridized carbons (Fsp3) is 0.118. The van der Waals surface area contributed by atoms with Crippen molar-refractivity contribution in [2.45, 2.75) is 5.16 Å². The lowest BCUT2D eigenvalue weighted by Gasteiger charge is -2.06. The first-order valence-electron chi connectivity index (χ1n) is 7.76. The summed E-state index contributed by atoms with van der Waals surface area (Å²) < 4.78 is 1.77. The van der Waals surface area contributed by atoms with Gasteiger partial charge in [-0.15, -0.1) is 10.2 Å². The van der Waals surface area contributed by atoms with E-state index in [0.29, 0.717) is 21.7 Å². The van der Waals surface area contributed by atoms with Crippen LogP contribution in [0.1, 0.15) is 0 Å². The van der Waals surface area contributed by atoms with Crippen LogP contribution in [0.25, 0.3) is 11.4 Å². The van der Waals surface area contributed by atoms with E-state index in [-0.39, 0.29) is 17.3 Å². The van der Waals surface area contributed by atoms with E-state index in [2.05, 4.69) is 15.5 Å². The number of nitro groups is 1. The predicted octanol–water partition coefficient (Wildman–Crippen LogP) is 3.77. The Labute approximate surface area is 163 Å². The van der Waals surface area contributed by atoms with Crippen molar-refractivity contribution in [2.24, 2.45) is 7.05 Å². The molecule has 27 heavy (non-hydrogen) atoms. The highest BCUT2D eigenvalue weighted by Gasteiger charge is 2.14. The monoisotopic (exact) mass is 403 g/mol. The molecule has 1 N–H and O–H groups in total. The molecule has 0 saturated heterocycles. The zero-order valence-corrected chi connectivity index (χ0v) is 15.7. The topological polar surface area (TPSA) is 103 Å². The van der Waals surface area contributed by atoms with E-state index in [1.165, 1.54) is 30.0 Å². The maximum Gasteiger partial charge on any atom is 0.271 e. The summed E-state index contributed by atoms with van der Waals surface area (Å²) >= 11 is 7.22. The van der Waals surface area contributed by atoms with Crippen LogP contribution in [0.15, 0.2) is 53.7 Å². The van der Waals surface area contributed by atoms with Gasteiger partial charge in [0.05, 0.1) is 10.7 Å². The minimum atomic E-state index is -0.513. The number of nitro benzene ring substituents is 1. The smallest absolute Gasteiger partial charge is 0.271 e. The van der Waals surface area contributed by atoms with E-state index in [4.69, 9.17) is 11.6 Å². The van der Waals surface area contributed by atoms with E-state index in [1.807, 2.05) is 12.1 Å². The van der Waals surface area contributed by atoms with Gasteiger partial charge in [-0.2, -0.15) is 0 Å². The number of hydrogen-bond donors (Lipinski definition) is 1. The first-order valence-corrected chi connectivity index (χ1v) is 9.13. The van der Waals surface area contributed by atoms with Crippen molar-refractivity contribution < 1.29 is 9.72 Å². The minimum Gasteiger partial charge on any atom is -0.325 e. The van der Waals surface area contributed by atoms with Gasteiger partial charge >= 0.3 is 0 Å². The van der Waals surface area contributed by atoms with Gasteiger partial charge in [0, 0.05) is 35.5 Å². The number of rotatable bonds is 6. The molecule has 0 atom stereocenters. The van der Waals surface area contributed by atoms with Crippen LogP contribution in [0.3, 0.4) is 0 Å². The Hall–Kier alpha value is -2.91. The van der Waals surface area contributed by atoms with Gasteiger partial charge in [0.1, 0.15) is 0 Å². The Bertz CT molecular complexity index is 1010. The van der Waals surface area contributed by atoms with E-state index in [0.717, 1.165) is 5.56 Å². The molecule has 1 aromatic heterocycles. The van der Waals surface area contributed by atoms with Crippen LogP contribution in [0, 0.1) is 10.1 Å². The third-order valence-electron chi connectivity index (χ3n) is 3.59. The molecule has 0 unspecified atom stereocenters. The molecule has 0 aliphatic carbocycles. The summed E-state index contributed by atoms with van der Waals surface area (Å²) in [5.41, 5.74) is 1.11. The quantitative estimate of drug-likeness (QED) is 0.381. The number of halogens is 1. The summed E-state index contributed by atoms with van der Waals surface area (Å²) in [5.74, 6) is 0.427. The van der Waals surface area contributed by atoms with Crippen molar-refractivity contribution >= 4 is 40.6 Å². The molecule has 3 rings (SSSR count). The molecule has 1 amide bonds. The number of benzene rings is 2. The lowest BCUT2D eigenvalue weighted by Crippen LogP contribution is -2.14. The van der Waals surface area contributed by atoms with Gasteiger partial charge in [-0.25, -0.2) is 0 Å². The van der Waals surface area contributed by atoms with E-state index in [9.17, 15) is 14.9 Å². The first kappa shape index (κ1) is 18.9. The predicted molar refractivity (Wildman–Crippen MR) is 104 cm³/mol. The number of nitrogens with zero attached hydrogens (tertiary/aromatic N) is 4. The Morgan fingerprint density at radius 1 is 1.26 bits per heavy atom. The summed E-state index contributed by atoms with van der Waals surface area (Å²) in [4.78, 5) is 22.4. The van der Waals surface area contributed by atoms with Crippen LogP contribution in [0.5, 0.6) is 0 Å². The molecule has 10 heteroatoms. The molecule has 0 aliphatic rings. The van der Waals surface area contributed by atoms with Crippen LogP contribution in [0.2, 0.25) is 5.02 Å². The number of carbonyl (C=O) groups excluding carboxylic acids is 1. The van der Waals surface area contributed by atoms with Gasteiger partial charge in [-0.1, -0.05) is 41.6 Å². The van der Waals surface area contributed by atoms with Gasteiger partial charge in [0.25, 0.3) is 5.69 Å². The number of carbonyl (C=O) groups is 1. The molecule has 0 fully saturated rings. The van der Waals surface area contributed by atoms with Crippen LogP contribution >= 0.6 is 23.4 Å². The van der Waals surface area contributed by atoms with Gasteiger partial charge in [0.2, 0.25) is 5.91 Å². The lowest BCUT2D eigenvalue weighted by atomic mass is 10.2. The number of amides is 1. The molecule has 0 aliphatic heterocycles. The molecule has 2 aromatic carbocycles. The zero-order valence-electron chi connectivity index (χ0n) is 14.1. The molecule has 0 spiro atoms. The van der Waals surface area contributed by atoms with Gasteiger partial charge in [-0.3, -0.25) is 14.9 Å². The average Bonchev–Trinajstić information content (AvgIpc) is 3.01. The lowest BCUT2D eigenvalue weighted by molar-refractivity contribution is -0.384. The van der Waals surface area contributed by atoms with Crippen molar-refractivity contribution in [1.29, 1.82) is 0 Å². The SMILES string of the molecule is Cn1c(SCC(=O)Nc2cccc([N+](=O)[O-])c2)nnc1-c1cccc(Cl)c1. The fourth-order valence-electron chi connectivity index (χ4n) is 2.34. The molecular formula is C17H14ClN5O3S. The molecule has 0 saturated carbocycles. The third kappa shape index (κ3) is 4.63. The number of hydrogen-bond acceptors (Lipinski definition) is 6. The maximum absolute atomic E-state index is 12.1.